The normalized spacial score (nSPS) is 8.93. The molecular weight excluding hydrogens is 231 g/mol. The first kappa shape index (κ1) is 9.99. The van der Waals surface area contributed by atoms with Crippen LogP contribution in [0.15, 0.2) is 24.3 Å². The van der Waals surface area contributed by atoms with Gasteiger partial charge in [-0.1, -0.05) is 35.3 Å². The lowest BCUT2D eigenvalue weighted by molar-refractivity contribution is 0.483. The van der Waals surface area contributed by atoms with Crippen LogP contribution in [0.5, 0.6) is 11.5 Å². The molecule has 0 amide bonds. The standard InChI is InChI=1S/C12H4Cl2O/c13-9-5-1-3-7-11(9)15-12-8-4-2-6-10(12)14/h1-2,5-6H. The molecule has 2 aromatic rings. The van der Waals surface area contributed by atoms with Crippen molar-refractivity contribution in [1.29, 1.82) is 0 Å². The summed E-state index contributed by atoms with van der Waals surface area (Å²) in [7, 11) is 0. The number of rotatable bonds is 2. The molecule has 15 heavy (non-hydrogen) atoms. The molecule has 0 aliphatic heterocycles. The lowest BCUT2D eigenvalue weighted by Crippen LogP contribution is -1.83. The van der Waals surface area contributed by atoms with E-state index in [1.807, 2.05) is 0 Å². The van der Waals surface area contributed by atoms with Gasteiger partial charge < -0.3 is 4.74 Å². The van der Waals surface area contributed by atoms with Gasteiger partial charge in [-0.15, -0.1) is 0 Å². The Balaban J connectivity index is 2.30. The third-order valence-electron chi connectivity index (χ3n) is 1.64. The molecule has 0 heterocycles. The van der Waals surface area contributed by atoms with Crippen LogP contribution in [0.25, 0.3) is 0 Å². The predicted octanol–water partition coefficient (Wildman–Crippen LogP) is 3.99. The fourth-order valence-corrected chi connectivity index (χ4v) is 1.26. The van der Waals surface area contributed by atoms with Crippen molar-refractivity contribution in [3.8, 4) is 11.5 Å². The van der Waals surface area contributed by atoms with E-state index in [2.05, 4.69) is 24.3 Å². The SMILES string of the molecule is Clc1ccc#cc1Oc1c#cccc1Cl. The summed E-state index contributed by atoms with van der Waals surface area (Å²) in [4.78, 5) is 0. The molecule has 0 atom stereocenters. The number of hydrogen-bond acceptors (Lipinski definition) is 1. The fourth-order valence-electron chi connectivity index (χ4n) is 0.965. The quantitative estimate of drug-likeness (QED) is 0.764. The second-order valence-corrected chi connectivity index (χ2v) is 3.48. The molecule has 0 aromatic heterocycles. The van der Waals surface area contributed by atoms with Crippen LogP contribution in [-0.4, -0.2) is 0 Å². The van der Waals surface area contributed by atoms with E-state index < -0.39 is 0 Å². The summed E-state index contributed by atoms with van der Waals surface area (Å²) in [5.74, 6) is 0.744. The molecule has 2 aromatic carbocycles. The molecule has 0 aliphatic rings. The zero-order chi connectivity index (χ0) is 10.7. The highest BCUT2D eigenvalue weighted by Crippen LogP contribution is 2.29. The maximum Gasteiger partial charge on any atom is 0.197 e. The number of ether oxygens (including phenoxy) is 1. The topological polar surface area (TPSA) is 9.23 Å². The minimum Gasteiger partial charge on any atom is -0.436 e. The lowest BCUT2D eigenvalue weighted by Gasteiger charge is -2.03. The Bertz CT molecular complexity index is 425. The summed E-state index contributed by atoms with van der Waals surface area (Å²) in [6, 6.07) is 17.6. The highest BCUT2D eigenvalue weighted by molar-refractivity contribution is 6.32. The molecule has 0 unspecified atom stereocenters. The van der Waals surface area contributed by atoms with Crippen molar-refractivity contribution in [2.75, 3.05) is 0 Å². The van der Waals surface area contributed by atoms with E-state index in [-0.39, 0.29) is 0 Å². The van der Waals surface area contributed by atoms with Gasteiger partial charge in [0.1, 0.15) is 0 Å². The van der Waals surface area contributed by atoms with Gasteiger partial charge >= 0.3 is 0 Å². The maximum atomic E-state index is 5.88. The molecule has 0 saturated heterocycles. The molecule has 2 rings (SSSR count). The first-order valence-electron chi connectivity index (χ1n) is 4.11. The van der Waals surface area contributed by atoms with Crippen LogP contribution in [0.4, 0.5) is 0 Å². The van der Waals surface area contributed by atoms with Crippen molar-refractivity contribution in [2.45, 2.75) is 0 Å². The van der Waals surface area contributed by atoms with E-state index in [9.17, 15) is 0 Å². The molecule has 3 heteroatoms. The predicted molar refractivity (Wildman–Crippen MR) is 58.3 cm³/mol. The maximum absolute atomic E-state index is 5.88. The van der Waals surface area contributed by atoms with Gasteiger partial charge in [-0.2, -0.15) is 0 Å². The van der Waals surface area contributed by atoms with E-state index in [0.717, 1.165) is 0 Å². The van der Waals surface area contributed by atoms with Gasteiger partial charge in [0.15, 0.2) is 11.5 Å². The van der Waals surface area contributed by atoms with Crippen LogP contribution >= 0.6 is 23.2 Å². The number of halogens is 2. The van der Waals surface area contributed by atoms with Crippen molar-refractivity contribution in [3.63, 3.8) is 0 Å². The monoisotopic (exact) mass is 234 g/mol. The van der Waals surface area contributed by atoms with Crippen molar-refractivity contribution in [1.82, 2.24) is 0 Å². The Labute approximate surface area is 98.2 Å². The van der Waals surface area contributed by atoms with Crippen molar-refractivity contribution < 1.29 is 4.74 Å². The van der Waals surface area contributed by atoms with Gasteiger partial charge in [0.05, 0.1) is 10.0 Å². The Kier molecular flexibility index (Phi) is 2.88. The summed E-state index contributed by atoms with van der Waals surface area (Å²) in [6.45, 7) is 0. The zero-order valence-corrected chi connectivity index (χ0v) is 8.99. The smallest absolute Gasteiger partial charge is 0.197 e. The molecular formula is C12H4Cl2O. The molecule has 0 spiro atoms. The van der Waals surface area contributed by atoms with E-state index in [4.69, 9.17) is 27.9 Å². The largest absolute Gasteiger partial charge is 0.436 e. The van der Waals surface area contributed by atoms with Gasteiger partial charge in [-0.05, 0) is 36.4 Å². The summed E-state index contributed by atoms with van der Waals surface area (Å²) in [5.41, 5.74) is 0. The Morgan fingerprint density at radius 2 is 1.33 bits per heavy atom. The van der Waals surface area contributed by atoms with Crippen molar-refractivity contribution in [2.24, 2.45) is 0 Å². The molecule has 0 aliphatic carbocycles. The molecule has 0 radical (unpaired) electrons. The molecule has 72 valence electrons. The molecule has 1 nitrogen and oxygen atoms in total. The molecule has 0 bridgehead atoms. The summed E-state index contributed by atoms with van der Waals surface area (Å²) >= 11 is 11.8. The van der Waals surface area contributed by atoms with Crippen molar-refractivity contribution in [3.05, 3.63) is 58.6 Å². The van der Waals surface area contributed by atoms with Crippen LogP contribution in [0.2, 0.25) is 10.0 Å². The summed E-state index contributed by atoms with van der Waals surface area (Å²) < 4.78 is 5.40. The third kappa shape index (κ3) is 2.28. The first-order chi connectivity index (χ1) is 7.27. The van der Waals surface area contributed by atoms with Crippen LogP contribution in [0, 0.1) is 24.3 Å². The first-order valence-corrected chi connectivity index (χ1v) is 4.86. The van der Waals surface area contributed by atoms with Crippen LogP contribution in [0.1, 0.15) is 0 Å². The lowest BCUT2D eigenvalue weighted by atomic mass is 10.4. The van der Waals surface area contributed by atoms with Gasteiger partial charge in [-0.3, -0.25) is 0 Å². The second-order valence-electron chi connectivity index (χ2n) is 2.66. The fraction of sp³-hybridized carbons (Fsp3) is 0. The Hall–Kier alpha value is -1.54. The molecule has 0 saturated carbocycles. The van der Waals surface area contributed by atoms with Crippen LogP contribution in [-0.2, 0) is 0 Å². The van der Waals surface area contributed by atoms with Gasteiger partial charge in [0.25, 0.3) is 0 Å². The van der Waals surface area contributed by atoms with E-state index >= 15 is 0 Å². The summed E-state index contributed by atoms with van der Waals surface area (Å²) in [5, 5.41) is 0.893. The highest BCUT2D eigenvalue weighted by atomic mass is 35.5. The third-order valence-corrected chi connectivity index (χ3v) is 2.23. The van der Waals surface area contributed by atoms with Crippen LogP contribution in [0.3, 0.4) is 0 Å². The van der Waals surface area contributed by atoms with E-state index in [1.165, 1.54) is 0 Å². The average molecular weight is 235 g/mol. The summed E-state index contributed by atoms with van der Waals surface area (Å²) in [6.07, 6.45) is 0. The Morgan fingerprint density at radius 1 is 0.867 bits per heavy atom. The number of hydrogen-bond donors (Lipinski definition) is 0. The molecule has 0 fully saturated rings. The minimum absolute atomic E-state index is 0.372. The van der Waals surface area contributed by atoms with Gasteiger partial charge in [0.2, 0.25) is 0 Å². The van der Waals surface area contributed by atoms with Gasteiger partial charge in [0, 0.05) is 0 Å². The van der Waals surface area contributed by atoms with E-state index in [0.29, 0.717) is 21.5 Å². The second kappa shape index (κ2) is 4.32. The molecule has 0 N–H and O–H groups in total. The highest BCUT2D eigenvalue weighted by Gasteiger charge is 2.04. The Morgan fingerprint density at radius 3 is 1.73 bits per heavy atom. The zero-order valence-electron chi connectivity index (χ0n) is 7.47. The van der Waals surface area contributed by atoms with Crippen molar-refractivity contribution >= 4 is 23.2 Å². The average Bonchev–Trinajstić information content (AvgIpc) is 2.24. The van der Waals surface area contributed by atoms with Gasteiger partial charge in [-0.25, -0.2) is 0 Å². The van der Waals surface area contributed by atoms with Crippen LogP contribution < -0.4 is 4.74 Å². The minimum atomic E-state index is 0.372. The van der Waals surface area contributed by atoms with E-state index in [1.54, 1.807) is 24.3 Å².